The van der Waals surface area contributed by atoms with Gasteiger partial charge in [0.25, 0.3) is 0 Å². The van der Waals surface area contributed by atoms with E-state index in [1.54, 1.807) is 24.3 Å². The number of carbonyl (C=O) groups excluding carboxylic acids is 3. The Hall–Kier alpha value is -3.52. The summed E-state index contributed by atoms with van der Waals surface area (Å²) in [6.45, 7) is 0.246. The normalized spacial score (nSPS) is 13.4. The first-order chi connectivity index (χ1) is 14.1. The minimum atomic E-state index is -0.384. The van der Waals surface area contributed by atoms with Gasteiger partial charge in [-0.15, -0.1) is 11.3 Å². The number of aromatic nitrogens is 1. The molecule has 3 aromatic rings. The highest BCUT2D eigenvalue weighted by atomic mass is 32.1. The minimum Gasteiger partial charge on any atom is -0.329 e. The molecule has 2 heterocycles. The van der Waals surface area contributed by atoms with Gasteiger partial charge >= 0.3 is 6.03 Å². The summed E-state index contributed by atoms with van der Waals surface area (Å²) in [5.74, 6) is -0.401. The van der Waals surface area contributed by atoms with Gasteiger partial charge in [-0.25, -0.2) is 9.78 Å². The first-order valence-corrected chi connectivity index (χ1v) is 9.93. The van der Waals surface area contributed by atoms with Crippen molar-refractivity contribution in [2.75, 3.05) is 11.9 Å². The fourth-order valence-corrected chi connectivity index (χ4v) is 3.79. The molecule has 2 aromatic carbocycles. The van der Waals surface area contributed by atoms with Crippen molar-refractivity contribution < 1.29 is 14.4 Å². The minimum absolute atomic E-state index is 0.0373. The number of benzene rings is 2. The Bertz CT molecular complexity index is 1030. The maximum Gasteiger partial charge on any atom is 0.324 e. The fraction of sp³-hybridized carbons (Fsp3) is 0.143. The highest BCUT2D eigenvalue weighted by molar-refractivity contribution is 7.13. The number of thiazole rings is 1. The molecule has 0 radical (unpaired) electrons. The lowest BCUT2D eigenvalue weighted by molar-refractivity contribution is -0.125. The lowest BCUT2D eigenvalue weighted by atomic mass is 10.2. The maximum absolute atomic E-state index is 12.3. The Kier molecular flexibility index (Phi) is 5.35. The lowest BCUT2D eigenvalue weighted by Crippen LogP contribution is -2.30. The van der Waals surface area contributed by atoms with Gasteiger partial charge in [0.15, 0.2) is 0 Å². The SMILES string of the molecule is O=C(Cc1csc(-c2ccccc2)n1)Nc1ccc(CN2C(=O)CNC2=O)cc1. The van der Waals surface area contributed by atoms with Crippen LogP contribution in [-0.2, 0) is 22.6 Å². The molecule has 1 fully saturated rings. The quantitative estimate of drug-likeness (QED) is 0.616. The van der Waals surface area contributed by atoms with E-state index in [2.05, 4.69) is 15.6 Å². The molecule has 0 bridgehead atoms. The molecule has 0 spiro atoms. The van der Waals surface area contributed by atoms with Gasteiger partial charge in [-0.3, -0.25) is 14.5 Å². The summed E-state index contributed by atoms with van der Waals surface area (Å²) in [5.41, 5.74) is 3.21. The molecule has 4 amide bonds. The monoisotopic (exact) mass is 406 g/mol. The zero-order chi connectivity index (χ0) is 20.2. The molecule has 0 saturated carbocycles. The summed E-state index contributed by atoms with van der Waals surface area (Å²) in [6.07, 6.45) is 0.188. The Balaban J connectivity index is 1.33. The molecule has 4 rings (SSSR count). The number of imide groups is 1. The smallest absolute Gasteiger partial charge is 0.324 e. The van der Waals surface area contributed by atoms with Crippen molar-refractivity contribution in [2.45, 2.75) is 13.0 Å². The van der Waals surface area contributed by atoms with Crippen molar-refractivity contribution in [3.05, 3.63) is 71.2 Å². The predicted octanol–water partition coefficient (Wildman–Crippen LogP) is 3.04. The van der Waals surface area contributed by atoms with Crippen molar-refractivity contribution in [3.63, 3.8) is 0 Å². The third kappa shape index (κ3) is 4.49. The third-order valence-electron chi connectivity index (χ3n) is 4.43. The molecule has 0 atom stereocenters. The summed E-state index contributed by atoms with van der Waals surface area (Å²) in [7, 11) is 0. The van der Waals surface area contributed by atoms with Crippen molar-refractivity contribution in [1.29, 1.82) is 0 Å². The van der Waals surface area contributed by atoms with E-state index >= 15 is 0 Å². The Labute approximate surface area is 171 Å². The molecular weight excluding hydrogens is 388 g/mol. The van der Waals surface area contributed by atoms with Gasteiger partial charge in [-0.1, -0.05) is 42.5 Å². The van der Waals surface area contributed by atoms with E-state index in [4.69, 9.17) is 0 Å². The molecule has 0 aliphatic carbocycles. The van der Waals surface area contributed by atoms with Crippen LogP contribution in [0.1, 0.15) is 11.3 Å². The zero-order valence-electron chi connectivity index (χ0n) is 15.4. The average molecular weight is 406 g/mol. The first kappa shape index (κ1) is 18.8. The van der Waals surface area contributed by atoms with E-state index in [0.29, 0.717) is 5.69 Å². The predicted molar refractivity (Wildman–Crippen MR) is 110 cm³/mol. The molecule has 1 aliphatic rings. The molecule has 2 N–H and O–H groups in total. The zero-order valence-corrected chi connectivity index (χ0v) is 16.2. The van der Waals surface area contributed by atoms with Crippen LogP contribution in [-0.4, -0.2) is 34.3 Å². The largest absolute Gasteiger partial charge is 0.329 e. The summed E-state index contributed by atoms with van der Waals surface area (Å²) >= 11 is 1.51. The number of urea groups is 1. The Morgan fingerprint density at radius 2 is 1.86 bits per heavy atom. The van der Waals surface area contributed by atoms with E-state index in [1.807, 2.05) is 35.7 Å². The number of hydrogen-bond acceptors (Lipinski definition) is 5. The van der Waals surface area contributed by atoms with Gasteiger partial charge in [-0.05, 0) is 17.7 Å². The molecule has 29 heavy (non-hydrogen) atoms. The van der Waals surface area contributed by atoms with Crippen molar-refractivity contribution >= 4 is 34.9 Å². The molecule has 1 saturated heterocycles. The molecule has 1 aromatic heterocycles. The molecular formula is C21H18N4O3S. The van der Waals surface area contributed by atoms with Gasteiger partial charge in [0.2, 0.25) is 11.8 Å². The van der Waals surface area contributed by atoms with Gasteiger partial charge in [0, 0.05) is 16.6 Å². The summed E-state index contributed by atoms with van der Waals surface area (Å²) in [4.78, 5) is 41.3. The fourth-order valence-electron chi connectivity index (χ4n) is 2.96. The van der Waals surface area contributed by atoms with Crippen molar-refractivity contribution in [3.8, 4) is 10.6 Å². The van der Waals surface area contributed by atoms with E-state index in [1.165, 1.54) is 16.2 Å². The van der Waals surface area contributed by atoms with Gasteiger partial charge in [0.1, 0.15) is 5.01 Å². The van der Waals surface area contributed by atoms with E-state index in [-0.39, 0.29) is 37.4 Å². The number of anilines is 1. The number of nitrogens with one attached hydrogen (secondary N) is 2. The summed E-state index contributed by atoms with van der Waals surface area (Å²) in [5, 5.41) is 8.11. The summed E-state index contributed by atoms with van der Waals surface area (Å²) in [6, 6.07) is 16.5. The van der Waals surface area contributed by atoms with Crippen molar-refractivity contribution in [1.82, 2.24) is 15.2 Å². The van der Waals surface area contributed by atoms with Crippen LogP contribution in [0.2, 0.25) is 0 Å². The number of carbonyl (C=O) groups is 3. The Morgan fingerprint density at radius 1 is 1.10 bits per heavy atom. The van der Waals surface area contributed by atoms with Crippen LogP contribution in [0.15, 0.2) is 60.0 Å². The van der Waals surface area contributed by atoms with E-state index in [9.17, 15) is 14.4 Å². The molecule has 1 aliphatic heterocycles. The highest BCUT2D eigenvalue weighted by Gasteiger charge is 2.28. The molecule has 146 valence electrons. The third-order valence-corrected chi connectivity index (χ3v) is 5.37. The van der Waals surface area contributed by atoms with Crippen LogP contribution in [0.3, 0.4) is 0 Å². The van der Waals surface area contributed by atoms with Crippen LogP contribution in [0.25, 0.3) is 10.6 Å². The van der Waals surface area contributed by atoms with Crippen LogP contribution in [0, 0.1) is 0 Å². The topological polar surface area (TPSA) is 91.4 Å². The molecule has 8 heteroatoms. The first-order valence-electron chi connectivity index (χ1n) is 9.05. The highest BCUT2D eigenvalue weighted by Crippen LogP contribution is 2.23. The van der Waals surface area contributed by atoms with Crippen LogP contribution in [0.5, 0.6) is 0 Å². The number of nitrogens with zero attached hydrogens (tertiary/aromatic N) is 2. The van der Waals surface area contributed by atoms with Crippen LogP contribution in [0.4, 0.5) is 10.5 Å². The Morgan fingerprint density at radius 3 is 2.55 bits per heavy atom. The lowest BCUT2D eigenvalue weighted by Gasteiger charge is -2.12. The van der Waals surface area contributed by atoms with Crippen LogP contribution >= 0.6 is 11.3 Å². The second-order valence-corrected chi connectivity index (χ2v) is 7.43. The van der Waals surface area contributed by atoms with E-state index < -0.39 is 0 Å². The second-order valence-electron chi connectivity index (χ2n) is 6.57. The molecule has 0 unspecified atom stereocenters. The van der Waals surface area contributed by atoms with Crippen LogP contribution < -0.4 is 10.6 Å². The average Bonchev–Trinajstić information content (AvgIpc) is 3.32. The number of hydrogen-bond donors (Lipinski definition) is 2. The number of amides is 4. The van der Waals surface area contributed by atoms with Gasteiger partial charge < -0.3 is 10.6 Å². The standard InChI is InChI=1S/C21H18N4O3S/c26-18(10-17-13-29-20(24-17)15-4-2-1-3-5-15)23-16-8-6-14(7-9-16)12-25-19(27)11-22-21(25)28/h1-9,13H,10-12H2,(H,22,28)(H,23,26). The second kappa shape index (κ2) is 8.24. The summed E-state index contributed by atoms with van der Waals surface area (Å²) < 4.78 is 0. The molecule has 7 nitrogen and oxygen atoms in total. The van der Waals surface area contributed by atoms with E-state index in [0.717, 1.165) is 21.8 Å². The van der Waals surface area contributed by atoms with Crippen molar-refractivity contribution in [2.24, 2.45) is 0 Å². The maximum atomic E-state index is 12.3. The number of rotatable bonds is 6. The van der Waals surface area contributed by atoms with Gasteiger partial charge in [-0.2, -0.15) is 0 Å². The van der Waals surface area contributed by atoms with Gasteiger partial charge in [0.05, 0.1) is 25.2 Å².